The summed E-state index contributed by atoms with van der Waals surface area (Å²) in [5.41, 5.74) is 30.7. The molecule has 0 unspecified atom stereocenters. The van der Waals surface area contributed by atoms with Crippen LogP contribution in [0.5, 0.6) is 0 Å². The molecule has 2 aliphatic carbocycles. The van der Waals surface area contributed by atoms with Crippen molar-refractivity contribution in [2.75, 3.05) is 9.80 Å². The Kier molecular flexibility index (Phi) is 13.3. The Bertz CT molecular complexity index is 5040. The Labute approximate surface area is 552 Å². The topological polar surface area (TPSA) is 6.48 Å². The average Bonchev–Trinajstić information content (AvgIpc) is 1.50. The van der Waals surface area contributed by atoms with Gasteiger partial charge in [-0.25, -0.2) is 0 Å². The minimum Gasteiger partial charge on any atom is -0.311 e. The van der Waals surface area contributed by atoms with E-state index in [-0.39, 0.29) is 0 Å². The monoisotopic (exact) mass is 1210 g/mol. The number of rotatable bonds is 12. The third kappa shape index (κ3) is 9.23. The number of benzene rings is 15. The van der Waals surface area contributed by atoms with Crippen molar-refractivity contribution in [3.05, 3.63) is 386 Å². The van der Waals surface area contributed by atoms with Crippen LogP contribution >= 0.6 is 11.3 Å². The van der Waals surface area contributed by atoms with Crippen molar-refractivity contribution < 1.29 is 0 Å². The van der Waals surface area contributed by atoms with E-state index >= 15 is 0 Å². The first-order valence-corrected chi connectivity index (χ1v) is 33.2. The predicted octanol–water partition coefficient (Wildman–Crippen LogP) is 25.3. The Morgan fingerprint density at radius 1 is 0.202 bits per heavy atom. The summed E-state index contributed by atoms with van der Waals surface area (Å²) in [5, 5.41) is 2.66. The summed E-state index contributed by atoms with van der Waals surface area (Å²) >= 11 is 1.90. The van der Waals surface area contributed by atoms with Crippen molar-refractivity contribution in [3.8, 4) is 89.0 Å². The van der Waals surface area contributed by atoms with Crippen molar-refractivity contribution in [3.63, 3.8) is 0 Å². The summed E-state index contributed by atoms with van der Waals surface area (Å²) in [7, 11) is 0. The molecule has 1 spiro atoms. The molecule has 0 radical (unpaired) electrons. The lowest BCUT2D eigenvalue weighted by Crippen LogP contribution is -2.26. The summed E-state index contributed by atoms with van der Waals surface area (Å²) in [6.07, 6.45) is 0. The van der Waals surface area contributed by atoms with Crippen LogP contribution < -0.4 is 9.80 Å². The van der Waals surface area contributed by atoms with Crippen molar-refractivity contribution >= 4 is 65.6 Å². The highest BCUT2D eigenvalue weighted by Crippen LogP contribution is 2.65. The Morgan fingerprint density at radius 2 is 0.511 bits per heavy atom. The van der Waals surface area contributed by atoms with Crippen LogP contribution in [0.3, 0.4) is 0 Å². The highest BCUT2D eigenvalue weighted by Gasteiger charge is 2.52. The van der Waals surface area contributed by atoms with Gasteiger partial charge in [0.05, 0.1) is 5.41 Å². The van der Waals surface area contributed by atoms with Gasteiger partial charge in [0.25, 0.3) is 0 Å². The van der Waals surface area contributed by atoms with Crippen LogP contribution in [-0.4, -0.2) is 0 Å². The molecular formula is C91H60N2S. The first kappa shape index (κ1) is 55.0. The molecule has 0 bridgehead atoms. The molecule has 0 fully saturated rings. The molecule has 3 heteroatoms. The smallest absolute Gasteiger partial charge is 0.0726 e. The van der Waals surface area contributed by atoms with E-state index in [9.17, 15) is 0 Å². The molecule has 0 amide bonds. The molecule has 2 nitrogen and oxygen atoms in total. The van der Waals surface area contributed by atoms with Gasteiger partial charge in [0, 0.05) is 54.3 Å². The van der Waals surface area contributed by atoms with Gasteiger partial charge >= 0.3 is 0 Å². The summed E-state index contributed by atoms with van der Waals surface area (Å²) in [5.74, 6) is 0. The molecule has 1 aromatic heterocycles. The average molecular weight is 1210 g/mol. The van der Waals surface area contributed by atoms with Gasteiger partial charge in [-0.05, 0) is 208 Å². The van der Waals surface area contributed by atoms with Crippen LogP contribution in [-0.2, 0) is 5.41 Å². The molecule has 440 valence electrons. The van der Waals surface area contributed by atoms with E-state index in [1.54, 1.807) is 0 Å². The lowest BCUT2D eigenvalue weighted by Gasteiger charge is -2.31. The number of nitrogens with zero attached hydrogens (tertiary/aromatic N) is 2. The molecular weight excluding hydrogens is 1150 g/mol. The maximum Gasteiger partial charge on any atom is 0.0726 e. The van der Waals surface area contributed by atoms with E-state index < -0.39 is 5.41 Å². The Balaban J connectivity index is 0.752. The Morgan fingerprint density at radius 3 is 0.894 bits per heavy atom. The zero-order valence-corrected chi connectivity index (χ0v) is 52.3. The van der Waals surface area contributed by atoms with Gasteiger partial charge in [0.15, 0.2) is 0 Å². The highest BCUT2D eigenvalue weighted by atomic mass is 32.1. The normalized spacial score (nSPS) is 12.3. The maximum absolute atomic E-state index is 2.52. The third-order valence-electron chi connectivity index (χ3n) is 19.5. The fourth-order valence-electron chi connectivity index (χ4n) is 15.1. The number of anilines is 6. The van der Waals surface area contributed by atoms with E-state index in [2.05, 4.69) is 374 Å². The van der Waals surface area contributed by atoms with Crippen molar-refractivity contribution in [2.45, 2.75) is 5.41 Å². The zero-order chi connectivity index (χ0) is 62.1. The molecule has 1 heterocycles. The molecule has 0 saturated heterocycles. The predicted molar refractivity (Wildman–Crippen MR) is 398 cm³/mol. The lowest BCUT2D eigenvalue weighted by atomic mass is 9.70. The van der Waals surface area contributed by atoms with Crippen molar-refractivity contribution in [1.29, 1.82) is 0 Å². The summed E-state index contributed by atoms with van der Waals surface area (Å²) in [4.78, 5) is 4.75. The van der Waals surface area contributed by atoms with Crippen LogP contribution in [0.4, 0.5) is 34.1 Å². The molecule has 0 atom stereocenters. The van der Waals surface area contributed by atoms with Gasteiger partial charge in [-0.1, -0.05) is 267 Å². The molecule has 18 rings (SSSR count). The molecule has 94 heavy (non-hydrogen) atoms. The van der Waals surface area contributed by atoms with Crippen LogP contribution in [0.15, 0.2) is 364 Å². The van der Waals surface area contributed by atoms with E-state index in [0.29, 0.717) is 0 Å². The molecule has 0 aliphatic heterocycles. The molecule has 2 aliphatic rings. The van der Waals surface area contributed by atoms with E-state index in [1.807, 2.05) is 11.3 Å². The van der Waals surface area contributed by atoms with Gasteiger partial charge in [-0.15, -0.1) is 11.3 Å². The fourth-order valence-corrected chi connectivity index (χ4v) is 16.2. The van der Waals surface area contributed by atoms with Gasteiger partial charge < -0.3 is 9.80 Å². The molecule has 0 saturated carbocycles. The first-order valence-electron chi connectivity index (χ1n) is 32.4. The van der Waals surface area contributed by atoms with Gasteiger partial charge in [-0.3, -0.25) is 0 Å². The quantitative estimate of drug-likeness (QED) is 0.120. The minimum absolute atomic E-state index is 0.608. The zero-order valence-electron chi connectivity index (χ0n) is 51.4. The van der Waals surface area contributed by atoms with Gasteiger partial charge in [0.1, 0.15) is 0 Å². The van der Waals surface area contributed by atoms with Crippen LogP contribution in [0.2, 0.25) is 0 Å². The molecule has 15 aromatic carbocycles. The first-order chi connectivity index (χ1) is 46.6. The fraction of sp³-hybridized carbons (Fsp3) is 0.0110. The van der Waals surface area contributed by atoms with E-state index in [0.717, 1.165) is 45.3 Å². The van der Waals surface area contributed by atoms with Crippen molar-refractivity contribution in [2.24, 2.45) is 0 Å². The summed E-state index contributed by atoms with van der Waals surface area (Å²) in [6, 6.07) is 134. The number of hydrogen-bond donors (Lipinski definition) is 0. The molecule has 0 N–H and O–H groups in total. The second kappa shape index (κ2) is 22.8. The Hall–Kier alpha value is -11.9. The molecule has 16 aromatic rings. The number of fused-ring (bicyclic) bond motifs is 14. The number of thiophene rings is 1. The highest BCUT2D eigenvalue weighted by molar-refractivity contribution is 7.26. The summed E-state index contributed by atoms with van der Waals surface area (Å²) < 4.78 is 2.63. The number of hydrogen-bond acceptors (Lipinski definition) is 3. The van der Waals surface area contributed by atoms with Gasteiger partial charge in [0.2, 0.25) is 0 Å². The van der Waals surface area contributed by atoms with Gasteiger partial charge in [-0.2, -0.15) is 0 Å². The maximum atomic E-state index is 2.52. The second-order valence-electron chi connectivity index (χ2n) is 24.7. The third-order valence-corrected chi connectivity index (χ3v) is 20.7. The van der Waals surface area contributed by atoms with E-state index in [1.165, 1.54) is 120 Å². The van der Waals surface area contributed by atoms with E-state index in [4.69, 9.17) is 0 Å². The summed E-state index contributed by atoms with van der Waals surface area (Å²) in [6.45, 7) is 0. The standard InChI is InChI=1S/C91H60N2S/c1-5-17-61(18-6-1)65-29-43-73(44-30-65)92(74-45-31-66(32-46-74)62-19-7-2-8-20-62)77-51-37-69(38-52-77)71-41-55-79-80-56-42-72(60-86(80)91(85(79)59-71)83-27-15-13-25-81(83)89-84(91)57-58-88-90(89)82-26-14-16-28-87(82)94-88)70-39-53-78(54-40-70)93(75-47-33-67(34-48-75)63-21-9-3-10-22-63)76-49-35-68(36-50-76)64-23-11-4-12-24-64/h1-60H. The second-order valence-corrected chi connectivity index (χ2v) is 25.8. The lowest BCUT2D eigenvalue weighted by molar-refractivity contribution is 0.795. The minimum atomic E-state index is -0.608. The van der Waals surface area contributed by atoms with Crippen LogP contribution in [0.25, 0.3) is 109 Å². The SMILES string of the molecule is c1ccc(-c2ccc(N(c3ccc(-c4ccccc4)cc3)c3ccc(-c4ccc5c(c4)C4(c6cc(-c7ccc(N(c8ccc(-c9ccccc9)cc8)c8ccc(-c9ccccc9)cc8)cc7)ccc6-5)c5ccccc5-c5c4ccc4sc6ccccc6c54)cc3)cc2)cc1. The van der Waals surface area contributed by atoms with Crippen LogP contribution in [0.1, 0.15) is 22.3 Å². The van der Waals surface area contributed by atoms with Crippen molar-refractivity contribution in [1.82, 2.24) is 0 Å². The van der Waals surface area contributed by atoms with Crippen LogP contribution in [0, 0.1) is 0 Å². The largest absolute Gasteiger partial charge is 0.311 e.